The Labute approximate surface area is 84.3 Å². The van der Waals surface area contributed by atoms with E-state index in [0.717, 1.165) is 30.6 Å². The van der Waals surface area contributed by atoms with Crippen LogP contribution in [0.4, 0.5) is 4.39 Å². The normalized spacial score (nSPS) is 21.4. The van der Waals surface area contributed by atoms with Gasteiger partial charge in [-0.1, -0.05) is 12.1 Å². The summed E-state index contributed by atoms with van der Waals surface area (Å²) >= 11 is 0. The highest BCUT2D eigenvalue weighted by Gasteiger charge is 2.14. The summed E-state index contributed by atoms with van der Waals surface area (Å²) in [5.74, 6) is 0.616. The minimum atomic E-state index is -0.0755. The van der Waals surface area contributed by atoms with Gasteiger partial charge in [-0.3, -0.25) is 0 Å². The lowest BCUT2D eigenvalue weighted by atomic mass is 9.98. The molecule has 1 atom stereocenters. The molecule has 0 saturated carbocycles. The van der Waals surface area contributed by atoms with Crippen molar-refractivity contribution >= 4 is 0 Å². The molecule has 2 heteroatoms. The smallest absolute Gasteiger partial charge is 0.126 e. The molecule has 0 aliphatic carbocycles. The van der Waals surface area contributed by atoms with E-state index >= 15 is 0 Å². The van der Waals surface area contributed by atoms with Crippen LogP contribution in [-0.4, -0.2) is 13.1 Å². The van der Waals surface area contributed by atoms with Crippen LogP contribution in [0.1, 0.15) is 17.5 Å². The predicted octanol–water partition coefficient (Wildman–Crippen LogP) is 2.29. The minimum absolute atomic E-state index is 0.0755. The lowest BCUT2D eigenvalue weighted by Gasteiger charge is -2.08. The van der Waals surface area contributed by atoms with Crippen molar-refractivity contribution in [3.05, 3.63) is 35.1 Å². The summed E-state index contributed by atoms with van der Waals surface area (Å²) in [6, 6.07) is 5.58. The summed E-state index contributed by atoms with van der Waals surface area (Å²) < 4.78 is 13.2. The van der Waals surface area contributed by atoms with Crippen LogP contribution in [0.25, 0.3) is 0 Å². The standard InChI is InChI=1S/C12H16FN/c1-9-2-3-10(7-12(9)13)6-11-4-5-14-8-11/h2-3,7,11,14H,4-6,8H2,1H3. The Balaban J connectivity index is 2.05. The number of aryl methyl sites for hydroxylation is 1. The van der Waals surface area contributed by atoms with Crippen LogP contribution in [0.2, 0.25) is 0 Å². The zero-order valence-electron chi connectivity index (χ0n) is 8.52. The van der Waals surface area contributed by atoms with E-state index in [-0.39, 0.29) is 5.82 Å². The van der Waals surface area contributed by atoms with Crippen molar-refractivity contribution in [3.8, 4) is 0 Å². The van der Waals surface area contributed by atoms with Crippen LogP contribution in [-0.2, 0) is 6.42 Å². The topological polar surface area (TPSA) is 12.0 Å². The van der Waals surface area contributed by atoms with Crippen molar-refractivity contribution in [1.29, 1.82) is 0 Å². The number of halogens is 1. The summed E-state index contributed by atoms with van der Waals surface area (Å²) in [5.41, 5.74) is 1.86. The van der Waals surface area contributed by atoms with Crippen LogP contribution in [0.15, 0.2) is 18.2 Å². The van der Waals surface area contributed by atoms with Gasteiger partial charge in [-0.15, -0.1) is 0 Å². The van der Waals surface area contributed by atoms with Crippen molar-refractivity contribution in [2.24, 2.45) is 5.92 Å². The molecule has 1 unspecified atom stereocenters. The predicted molar refractivity (Wildman–Crippen MR) is 55.8 cm³/mol. The van der Waals surface area contributed by atoms with Crippen LogP contribution in [0.3, 0.4) is 0 Å². The lowest BCUT2D eigenvalue weighted by Crippen LogP contribution is -2.10. The van der Waals surface area contributed by atoms with Gasteiger partial charge in [-0.2, -0.15) is 0 Å². The highest BCUT2D eigenvalue weighted by molar-refractivity contribution is 5.23. The third kappa shape index (κ3) is 2.13. The van der Waals surface area contributed by atoms with E-state index in [1.807, 2.05) is 12.1 Å². The maximum atomic E-state index is 13.2. The number of hydrogen-bond donors (Lipinski definition) is 1. The van der Waals surface area contributed by atoms with Gasteiger partial charge in [0.25, 0.3) is 0 Å². The highest BCUT2D eigenvalue weighted by Crippen LogP contribution is 2.17. The molecule has 1 aromatic rings. The number of rotatable bonds is 2. The van der Waals surface area contributed by atoms with Crippen LogP contribution in [0.5, 0.6) is 0 Å². The molecule has 0 spiro atoms. The van der Waals surface area contributed by atoms with Crippen LogP contribution < -0.4 is 5.32 Å². The van der Waals surface area contributed by atoms with E-state index in [1.165, 1.54) is 6.42 Å². The van der Waals surface area contributed by atoms with E-state index in [9.17, 15) is 4.39 Å². The zero-order chi connectivity index (χ0) is 9.97. The second-order valence-corrected chi connectivity index (χ2v) is 4.15. The number of benzene rings is 1. The van der Waals surface area contributed by atoms with Crippen LogP contribution >= 0.6 is 0 Å². The fourth-order valence-corrected chi connectivity index (χ4v) is 1.99. The van der Waals surface area contributed by atoms with Gasteiger partial charge in [-0.25, -0.2) is 4.39 Å². The van der Waals surface area contributed by atoms with Crippen molar-refractivity contribution in [1.82, 2.24) is 5.32 Å². The molecule has 1 fully saturated rings. The molecule has 1 aliphatic heterocycles. The number of hydrogen-bond acceptors (Lipinski definition) is 1. The molecule has 0 radical (unpaired) electrons. The molecule has 1 nitrogen and oxygen atoms in total. The van der Waals surface area contributed by atoms with Crippen molar-refractivity contribution in [3.63, 3.8) is 0 Å². The Morgan fingerprint density at radius 2 is 2.36 bits per heavy atom. The average Bonchev–Trinajstić information content (AvgIpc) is 2.64. The van der Waals surface area contributed by atoms with Gasteiger partial charge in [-0.05, 0) is 56.0 Å². The van der Waals surface area contributed by atoms with E-state index in [4.69, 9.17) is 0 Å². The third-order valence-electron chi connectivity index (χ3n) is 2.92. The van der Waals surface area contributed by atoms with E-state index in [0.29, 0.717) is 5.92 Å². The second-order valence-electron chi connectivity index (χ2n) is 4.15. The van der Waals surface area contributed by atoms with Gasteiger partial charge in [0.05, 0.1) is 0 Å². The molecule has 0 amide bonds. The van der Waals surface area contributed by atoms with Crippen molar-refractivity contribution in [2.45, 2.75) is 19.8 Å². The molecule has 0 aromatic heterocycles. The minimum Gasteiger partial charge on any atom is -0.316 e. The van der Waals surface area contributed by atoms with Crippen LogP contribution in [0, 0.1) is 18.7 Å². The third-order valence-corrected chi connectivity index (χ3v) is 2.92. The van der Waals surface area contributed by atoms with Gasteiger partial charge in [0.15, 0.2) is 0 Å². The molecule has 0 bridgehead atoms. The first-order valence-corrected chi connectivity index (χ1v) is 5.21. The number of nitrogens with one attached hydrogen (secondary N) is 1. The lowest BCUT2D eigenvalue weighted by molar-refractivity contribution is 0.571. The molecule has 1 heterocycles. The van der Waals surface area contributed by atoms with E-state index in [1.54, 1.807) is 13.0 Å². The van der Waals surface area contributed by atoms with Gasteiger partial charge in [0, 0.05) is 0 Å². The van der Waals surface area contributed by atoms with E-state index in [2.05, 4.69) is 5.32 Å². The van der Waals surface area contributed by atoms with Crippen molar-refractivity contribution < 1.29 is 4.39 Å². The molecule has 1 saturated heterocycles. The summed E-state index contributed by atoms with van der Waals surface area (Å²) in [6.45, 7) is 3.99. The quantitative estimate of drug-likeness (QED) is 0.760. The molecule has 14 heavy (non-hydrogen) atoms. The van der Waals surface area contributed by atoms with Gasteiger partial charge in [0.2, 0.25) is 0 Å². The molecule has 2 rings (SSSR count). The SMILES string of the molecule is Cc1ccc(CC2CCNC2)cc1F. The Morgan fingerprint density at radius 3 is 3.00 bits per heavy atom. The fourth-order valence-electron chi connectivity index (χ4n) is 1.99. The maximum absolute atomic E-state index is 13.2. The first-order valence-electron chi connectivity index (χ1n) is 5.21. The Morgan fingerprint density at radius 1 is 1.50 bits per heavy atom. The molecule has 76 valence electrons. The van der Waals surface area contributed by atoms with Gasteiger partial charge >= 0.3 is 0 Å². The Hall–Kier alpha value is -0.890. The molecule has 1 aliphatic rings. The first kappa shape index (κ1) is 9.66. The molecule has 1 N–H and O–H groups in total. The summed E-state index contributed by atoms with van der Waals surface area (Å²) in [6.07, 6.45) is 2.22. The summed E-state index contributed by atoms with van der Waals surface area (Å²) in [5, 5.41) is 3.32. The largest absolute Gasteiger partial charge is 0.316 e. The highest BCUT2D eigenvalue weighted by atomic mass is 19.1. The molecular weight excluding hydrogens is 177 g/mol. The molecular formula is C12H16FN. The van der Waals surface area contributed by atoms with E-state index < -0.39 is 0 Å². The Kier molecular flexibility index (Phi) is 2.82. The average molecular weight is 193 g/mol. The second kappa shape index (κ2) is 4.09. The molecule has 1 aromatic carbocycles. The van der Waals surface area contributed by atoms with Gasteiger partial charge < -0.3 is 5.32 Å². The van der Waals surface area contributed by atoms with Gasteiger partial charge in [0.1, 0.15) is 5.82 Å². The first-order chi connectivity index (χ1) is 6.75. The Bertz CT molecular complexity index is 316. The summed E-state index contributed by atoms with van der Waals surface area (Å²) in [4.78, 5) is 0. The van der Waals surface area contributed by atoms with Crippen molar-refractivity contribution in [2.75, 3.05) is 13.1 Å². The summed E-state index contributed by atoms with van der Waals surface area (Å²) in [7, 11) is 0. The fraction of sp³-hybridized carbons (Fsp3) is 0.500. The monoisotopic (exact) mass is 193 g/mol. The maximum Gasteiger partial charge on any atom is 0.126 e. The zero-order valence-corrected chi connectivity index (χ0v) is 8.52.